The van der Waals surface area contributed by atoms with E-state index in [2.05, 4.69) is 4.90 Å². The van der Waals surface area contributed by atoms with E-state index in [0.717, 1.165) is 32.5 Å². The van der Waals surface area contributed by atoms with Crippen LogP contribution in [-0.2, 0) is 4.74 Å². The molecule has 5 nitrogen and oxygen atoms in total. The van der Waals surface area contributed by atoms with Crippen LogP contribution < -0.4 is 0 Å². The molecule has 110 valence electrons. The zero-order valence-corrected chi connectivity index (χ0v) is 11.9. The lowest BCUT2D eigenvalue weighted by molar-refractivity contribution is 0.0319. The first-order chi connectivity index (χ1) is 8.41. The van der Waals surface area contributed by atoms with Crippen LogP contribution in [0.3, 0.4) is 0 Å². The van der Waals surface area contributed by atoms with E-state index >= 15 is 0 Å². The summed E-state index contributed by atoms with van der Waals surface area (Å²) in [5.41, 5.74) is 0. The summed E-state index contributed by atoms with van der Waals surface area (Å²) in [4.78, 5) is 2.17. The van der Waals surface area contributed by atoms with Gasteiger partial charge >= 0.3 is 0 Å². The van der Waals surface area contributed by atoms with Crippen molar-refractivity contribution in [2.75, 3.05) is 32.8 Å². The van der Waals surface area contributed by atoms with Crippen molar-refractivity contribution in [2.45, 2.75) is 51.9 Å². The zero-order chi connectivity index (χ0) is 14.0. The van der Waals surface area contributed by atoms with Gasteiger partial charge in [0.1, 0.15) is 0 Å². The minimum atomic E-state index is -0.437. The van der Waals surface area contributed by atoms with Gasteiger partial charge < -0.3 is 25.0 Å². The summed E-state index contributed by atoms with van der Waals surface area (Å²) >= 11 is 0. The average Bonchev–Trinajstić information content (AvgIpc) is 2.25. The third kappa shape index (κ3) is 12.3. The molecule has 18 heavy (non-hydrogen) atoms. The van der Waals surface area contributed by atoms with E-state index in [1.807, 2.05) is 0 Å². The van der Waals surface area contributed by atoms with Crippen molar-refractivity contribution in [1.82, 2.24) is 4.90 Å². The second kappa shape index (κ2) is 10.7. The SMILES string of the molecule is CC(O)CCN(CCOCC(C)O)CCC(C)O. The third-order valence-corrected chi connectivity index (χ3v) is 2.64. The Morgan fingerprint density at radius 1 is 0.833 bits per heavy atom. The third-order valence-electron chi connectivity index (χ3n) is 2.64. The van der Waals surface area contributed by atoms with Crippen LogP contribution in [0, 0.1) is 0 Å². The maximum atomic E-state index is 9.28. The molecule has 0 fully saturated rings. The van der Waals surface area contributed by atoms with Crippen LogP contribution in [0.25, 0.3) is 0 Å². The molecule has 0 aromatic rings. The molecule has 0 rings (SSSR count). The molecule has 3 N–H and O–H groups in total. The van der Waals surface area contributed by atoms with Crippen LogP contribution in [0.15, 0.2) is 0 Å². The highest BCUT2D eigenvalue weighted by Crippen LogP contribution is 2.00. The summed E-state index contributed by atoms with van der Waals surface area (Å²) in [5, 5.41) is 27.6. The van der Waals surface area contributed by atoms with Gasteiger partial charge in [-0.3, -0.25) is 0 Å². The van der Waals surface area contributed by atoms with E-state index in [1.54, 1.807) is 20.8 Å². The molecular weight excluding hydrogens is 234 g/mol. The largest absolute Gasteiger partial charge is 0.393 e. The van der Waals surface area contributed by atoms with Gasteiger partial charge in [-0.1, -0.05) is 0 Å². The molecule has 0 radical (unpaired) electrons. The molecule has 5 heteroatoms. The van der Waals surface area contributed by atoms with E-state index < -0.39 is 6.10 Å². The van der Waals surface area contributed by atoms with Gasteiger partial charge in [-0.2, -0.15) is 0 Å². The molecule has 0 bridgehead atoms. The lowest BCUT2D eigenvalue weighted by atomic mass is 10.2. The van der Waals surface area contributed by atoms with Crippen LogP contribution in [0.5, 0.6) is 0 Å². The molecule has 0 amide bonds. The Kier molecular flexibility index (Phi) is 10.6. The number of rotatable bonds is 11. The second-order valence-corrected chi connectivity index (χ2v) is 5.04. The Hall–Kier alpha value is -0.200. The predicted octanol–water partition coefficient (Wildman–Crippen LogP) is 0.228. The molecule has 3 unspecified atom stereocenters. The van der Waals surface area contributed by atoms with E-state index in [1.165, 1.54) is 0 Å². The van der Waals surface area contributed by atoms with E-state index in [9.17, 15) is 10.2 Å². The van der Waals surface area contributed by atoms with Crippen LogP contribution in [-0.4, -0.2) is 71.4 Å². The first-order valence-electron chi connectivity index (χ1n) is 6.76. The van der Waals surface area contributed by atoms with Gasteiger partial charge in [0.25, 0.3) is 0 Å². The van der Waals surface area contributed by atoms with Gasteiger partial charge in [0.2, 0.25) is 0 Å². The molecule has 0 aromatic carbocycles. The van der Waals surface area contributed by atoms with E-state index in [-0.39, 0.29) is 12.2 Å². The molecule has 0 saturated carbocycles. The van der Waals surface area contributed by atoms with Crippen molar-refractivity contribution in [1.29, 1.82) is 0 Å². The maximum absolute atomic E-state index is 9.28. The molecule has 0 aliphatic carbocycles. The monoisotopic (exact) mass is 263 g/mol. The lowest BCUT2D eigenvalue weighted by Gasteiger charge is -2.23. The molecule has 0 aliphatic heterocycles. The number of aliphatic hydroxyl groups excluding tert-OH is 3. The fraction of sp³-hybridized carbons (Fsp3) is 1.00. The molecule has 0 spiro atoms. The minimum Gasteiger partial charge on any atom is -0.393 e. The Bertz CT molecular complexity index is 174. The predicted molar refractivity (Wildman–Crippen MR) is 71.5 cm³/mol. The number of nitrogens with zero attached hydrogens (tertiary/aromatic N) is 1. The lowest BCUT2D eigenvalue weighted by Crippen LogP contribution is -2.33. The smallest absolute Gasteiger partial charge is 0.0745 e. The summed E-state index contributed by atoms with van der Waals surface area (Å²) in [7, 11) is 0. The number of hydrogen-bond acceptors (Lipinski definition) is 5. The van der Waals surface area contributed by atoms with Crippen molar-refractivity contribution in [3.63, 3.8) is 0 Å². The van der Waals surface area contributed by atoms with Gasteiger partial charge in [0.15, 0.2) is 0 Å². The van der Waals surface area contributed by atoms with E-state index in [4.69, 9.17) is 9.84 Å². The summed E-state index contributed by atoms with van der Waals surface area (Å²) < 4.78 is 5.32. The van der Waals surface area contributed by atoms with Gasteiger partial charge in [0.05, 0.1) is 31.5 Å². The standard InChI is InChI=1S/C13H29NO4/c1-11(15)4-6-14(7-5-12(2)16)8-9-18-10-13(3)17/h11-13,15-17H,4-10H2,1-3H3. The van der Waals surface area contributed by atoms with Gasteiger partial charge in [-0.05, 0) is 33.6 Å². The van der Waals surface area contributed by atoms with Crippen molar-refractivity contribution in [2.24, 2.45) is 0 Å². The van der Waals surface area contributed by atoms with Crippen molar-refractivity contribution >= 4 is 0 Å². The number of hydrogen-bond donors (Lipinski definition) is 3. The molecule has 0 aliphatic rings. The Balaban J connectivity index is 3.81. The fourth-order valence-electron chi connectivity index (χ4n) is 1.52. The number of aliphatic hydroxyl groups is 3. The van der Waals surface area contributed by atoms with Crippen LogP contribution in [0.2, 0.25) is 0 Å². The first-order valence-corrected chi connectivity index (χ1v) is 6.76. The van der Waals surface area contributed by atoms with Crippen LogP contribution in [0.1, 0.15) is 33.6 Å². The molecule has 0 heterocycles. The zero-order valence-electron chi connectivity index (χ0n) is 11.9. The highest BCUT2D eigenvalue weighted by molar-refractivity contribution is 4.62. The average molecular weight is 263 g/mol. The molecule has 3 atom stereocenters. The molecule has 0 aromatic heterocycles. The minimum absolute atomic E-state index is 0.308. The van der Waals surface area contributed by atoms with Crippen molar-refractivity contribution in [3.05, 3.63) is 0 Å². The summed E-state index contributed by atoms with van der Waals surface area (Å²) in [6.07, 6.45) is 0.384. The quantitative estimate of drug-likeness (QED) is 0.465. The van der Waals surface area contributed by atoms with Gasteiger partial charge in [-0.15, -0.1) is 0 Å². The van der Waals surface area contributed by atoms with Gasteiger partial charge in [-0.25, -0.2) is 0 Å². The topological polar surface area (TPSA) is 73.2 Å². The summed E-state index contributed by atoms with van der Waals surface area (Å²) in [6.45, 7) is 8.49. The Morgan fingerprint density at radius 2 is 1.33 bits per heavy atom. The Labute approximate surface area is 110 Å². The van der Waals surface area contributed by atoms with Crippen molar-refractivity contribution < 1.29 is 20.1 Å². The van der Waals surface area contributed by atoms with Crippen molar-refractivity contribution in [3.8, 4) is 0 Å². The number of ether oxygens (including phenoxy) is 1. The normalized spacial score (nSPS) is 16.8. The maximum Gasteiger partial charge on any atom is 0.0745 e. The molecular formula is C13H29NO4. The highest BCUT2D eigenvalue weighted by atomic mass is 16.5. The summed E-state index contributed by atoms with van der Waals surface area (Å²) in [5.74, 6) is 0. The summed E-state index contributed by atoms with van der Waals surface area (Å²) in [6, 6.07) is 0. The Morgan fingerprint density at radius 3 is 1.72 bits per heavy atom. The molecule has 0 saturated heterocycles. The fourth-order valence-corrected chi connectivity index (χ4v) is 1.52. The van der Waals surface area contributed by atoms with Crippen LogP contribution in [0.4, 0.5) is 0 Å². The van der Waals surface area contributed by atoms with Gasteiger partial charge in [0, 0.05) is 19.6 Å². The van der Waals surface area contributed by atoms with E-state index in [0.29, 0.717) is 13.2 Å². The second-order valence-electron chi connectivity index (χ2n) is 5.04. The first kappa shape index (κ1) is 17.8. The highest BCUT2D eigenvalue weighted by Gasteiger charge is 2.08. The van der Waals surface area contributed by atoms with Crippen LogP contribution >= 0.6 is 0 Å².